The van der Waals surface area contributed by atoms with Gasteiger partial charge in [0, 0.05) is 120 Å². The third-order valence-corrected chi connectivity index (χ3v) is 25.9. The number of hydrogen-bond acceptors (Lipinski definition) is 12. The van der Waals surface area contributed by atoms with E-state index >= 15 is 0 Å². The Bertz CT molecular complexity index is 7380. The molecule has 0 aliphatic carbocycles. The molecule has 5 unspecified atom stereocenters. The van der Waals surface area contributed by atoms with E-state index in [1.165, 1.54) is 139 Å². The van der Waals surface area contributed by atoms with E-state index in [-0.39, 0.29) is 24.2 Å². The van der Waals surface area contributed by atoms with E-state index in [0.717, 1.165) is 62.4 Å². The van der Waals surface area contributed by atoms with Crippen LogP contribution in [0.5, 0.6) is 0 Å². The van der Waals surface area contributed by atoms with Crippen molar-refractivity contribution >= 4 is 61.4 Å². The maximum Gasteiger partial charge on any atom is 0.102 e. The second-order valence-electron chi connectivity index (χ2n) is 36.9. The van der Waals surface area contributed by atoms with Crippen molar-refractivity contribution in [2.24, 2.45) is 0 Å². The zero-order valence-corrected chi connectivity index (χ0v) is 83.7. The van der Waals surface area contributed by atoms with Crippen LogP contribution >= 0.6 is 0 Å². The average molecular weight is 1860 g/mol. The number of nitrogens with zero attached hydrogens (tertiary/aromatic N) is 7. The second-order valence-corrected chi connectivity index (χ2v) is 36.9. The number of anilines is 7. The fraction of sp³-hybridized carbons (Fsp3) is 0.146. The average Bonchev–Trinajstić information content (AvgIpc) is 0.775. The van der Waals surface area contributed by atoms with E-state index in [9.17, 15) is 0 Å². The molecule has 20 aromatic rings. The molecule has 142 heavy (non-hydrogen) atoms. The molecule has 0 amide bonds. The van der Waals surface area contributed by atoms with Gasteiger partial charge in [-0.2, -0.15) is 0 Å². The Balaban J connectivity index is 0.000000128. The first-order chi connectivity index (χ1) is 69.2. The molecule has 5 heterocycles. The van der Waals surface area contributed by atoms with Gasteiger partial charge in [-0.3, -0.25) is 24.9 Å². The third kappa shape index (κ3) is 24.3. The molecule has 15 aromatic carbocycles. The molecular formula is C130H126N12. The van der Waals surface area contributed by atoms with Crippen LogP contribution in [0.3, 0.4) is 0 Å². The number of rotatable bonds is 25. The standard InChI is InChI=1S/C30H24N2.C28H22N2.C27H29N3.C23H27N3.C22H24N2/c1-4-13-23(14-5-1)26-19-10-11-20-28(26)32-30(25-17-8-3-9-18-25)29-22-12-21-27(31-29)24-15-6-2-7-16-24;1-3-12-22(13-4-1)25-18-10-20-27(29-25)28(23-14-5-2-6-15-23)30-26-19-9-16-21-11-7-8-17-24(21)26;1-18-16-19(2)26(20(3)17-18)29-27(23-13-6-7-15-28-23)22-12-8-10-21-11-9-14-24(25(21)22)30(4)5;1-16-14-17(2)22(18(3)15-16)25-23(20-11-8-9-13-24-20)19-10-6-7-12-21(19)26(4)5;1-16-14-17(2)21(18(3)15-16)24-22(4,19-10-6-5-7-11-19)20-12-8-9-13-23-20/h1-22,30,32H;1-20,28,30H;6-17,27,29H,1-5H3;6-15,23,25H,1-5H3;5-15,24H,1-4H3. The summed E-state index contributed by atoms with van der Waals surface area (Å²) in [4.78, 5) is 28.4. The first-order valence-corrected chi connectivity index (χ1v) is 48.8. The minimum Gasteiger partial charge on any atom is -0.377 e. The molecule has 20 rings (SSSR count). The van der Waals surface area contributed by atoms with Crippen molar-refractivity contribution in [3.63, 3.8) is 0 Å². The number of fused-ring (bicyclic) bond motifs is 2. The monoisotopic (exact) mass is 1860 g/mol. The Hall–Kier alpha value is -16.8. The van der Waals surface area contributed by atoms with Crippen LogP contribution in [0.2, 0.25) is 0 Å². The van der Waals surface area contributed by atoms with Gasteiger partial charge in [-0.1, -0.05) is 369 Å². The second kappa shape index (κ2) is 47.0. The smallest absolute Gasteiger partial charge is 0.102 e. The zero-order valence-electron chi connectivity index (χ0n) is 83.7. The molecule has 0 saturated heterocycles. The Morgan fingerprint density at radius 1 is 0.268 bits per heavy atom. The van der Waals surface area contributed by atoms with Crippen molar-refractivity contribution < 1.29 is 0 Å². The summed E-state index contributed by atoms with van der Waals surface area (Å²) in [5, 5.41) is 23.9. The van der Waals surface area contributed by atoms with Crippen LogP contribution in [-0.4, -0.2) is 53.1 Å². The predicted octanol–water partition coefficient (Wildman–Crippen LogP) is 31.8. The van der Waals surface area contributed by atoms with Gasteiger partial charge in [0.25, 0.3) is 0 Å². The number of hydrogen-bond donors (Lipinski definition) is 5. The highest BCUT2D eigenvalue weighted by molar-refractivity contribution is 5.98. The Kier molecular flexibility index (Phi) is 32.5. The molecule has 0 radical (unpaired) electrons. The van der Waals surface area contributed by atoms with Crippen LogP contribution < -0.4 is 36.4 Å². The van der Waals surface area contributed by atoms with E-state index in [1.54, 1.807) is 0 Å². The number of nitrogens with one attached hydrogen (secondary N) is 5. The van der Waals surface area contributed by atoms with Crippen LogP contribution in [0.4, 0.5) is 39.8 Å². The van der Waals surface area contributed by atoms with Crippen molar-refractivity contribution in [3.05, 3.63) is 562 Å². The maximum absolute atomic E-state index is 5.06. The number of benzene rings is 15. The lowest BCUT2D eigenvalue weighted by atomic mass is 9.87. The first-order valence-electron chi connectivity index (χ1n) is 48.8. The van der Waals surface area contributed by atoms with Crippen LogP contribution in [-0.2, 0) is 5.54 Å². The molecular weight excluding hydrogens is 1730 g/mol. The first kappa shape index (κ1) is 98.2. The third-order valence-electron chi connectivity index (χ3n) is 25.9. The molecule has 0 bridgehead atoms. The topological polar surface area (TPSA) is 131 Å². The summed E-state index contributed by atoms with van der Waals surface area (Å²) < 4.78 is 0. The normalized spacial score (nSPS) is 12.1. The summed E-state index contributed by atoms with van der Waals surface area (Å²) in [6.07, 6.45) is 5.58. The lowest BCUT2D eigenvalue weighted by Crippen LogP contribution is -2.34. The van der Waals surface area contributed by atoms with Crippen molar-refractivity contribution in [2.45, 2.75) is 98.9 Å². The lowest BCUT2D eigenvalue weighted by molar-refractivity contribution is 0.634. The number of pyridine rings is 5. The lowest BCUT2D eigenvalue weighted by Gasteiger charge is -2.33. The predicted molar refractivity (Wildman–Crippen MR) is 600 cm³/mol. The summed E-state index contributed by atoms with van der Waals surface area (Å²) >= 11 is 0. The zero-order chi connectivity index (χ0) is 98.9. The minimum atomic E-state index is -0.396. The van der Waals surface area contributed by atoms with Gasteiger partial charge in [0.2, 0.25) is 0 Å². The molecule has 0 aliphatic rings. The van der Waals surface area contributed by atoms with Crippen LogP contribution in [0.1, 0.15) is 137 Å². The molecule has 0 fully saturated rings. The Morgan fingerprint density at radius 3 is 1.12 bits per heavy atom. The van der Waals surface area contributed by atoms with Crippen LogP contribution in [0.15, 0.2) is 455 Å². The van der Waals surface area contributed by atoms with Crippen LogP contribution in [0, 0.1) is 62.3 Å². The highest BCUT2D eigenvalue weighted by Crippen LogP contribution is 2.43. The van der Waals surface area contributed by atoms with Gasteiger partial charge in [-0.15, -0.1) is 0 Å². The number of aryl methyl sites for hydroxylation is 9. The van der Waals surface area contributed by atoms with E-state index < -0.39 is 5.54 Å². The molecule has 5 N–H and O–H groups in total. The minimum absolute atomic E-state index is 0.0186. The molecule has 706 valence electrons. The van der Waals surface area contributed by atoms with Gasteiger partial charge < -0.3 is 36.4 Å². The van der Waals surface area contributed by atoms with Crippen molar-refractivity contribution in [3.8, 4) is 33.6 Å². The summed E-state index contributed by atoms with van der Waals surface area (Å²) in [5.41, 5.74) is 36.7. The number of para-hydroxylation sites is 2. The summed E-state index contributed by atoms with van der Waals surface area (Å²) in [7, 11) is 8.36. The van der Waals surface area contributed by atoms with E-state index in [2.05, 4.69) is 490 Å². The largest absolute Gasteiger partial charge is 0.377 e. The van der Waals surface area contributed by atoms with Crippen molar-refractivity contribution in [2.75, 3.05) is 64.6 Å². The number of aromatic nitrogens is 5. The van der Waals surface area contributed by atoms with Gasteiger partial charge in [0.15, 0.2) is 0 Å². The SMILES string of the molecule is Cc1cc(C)c(NC(C)(c2ccccc2)c2ccccn2)c(C)c1.Cc1cc(C)c(NC(c2ccccn2)c2cccc3cccc(N(C)C)c23)c(C)c1.Cc1cc(C)c(NC(c2ccccn2)c2ccccc2N(C)C)c(C)c1.c1ccc(-c2cccc(C(Nc3cccc4ccccc34)c3ccccc3)n2)cc1.c1ccc(-c2cccc(C(Nc3ccccc3-c3ccccc3)c3ccccc3)n2)cc1. The molecule has 5 atom stereocenters. The van der Waals surface area contributed by atoms with Gasteiger partial charge in [0.05, 0.1) is 64.0 Å². The van der Waals surface area contributed by atoms with Gasteiger partial charge in [-0.25, -0.2) is 0 Å². The van der Waals surface area contributed by atoms with Gasteiger partial charge in [-0.05, 0) is 226 Å². The Labute approximate surface area is 839 Å². The molecule has 5 aromatic heterocycles. The molecule has 12 heteroatoms. The molecule has 0 saturated carbocycles. The quantitative estimate of drug-likeness (QED) is 0.0373. The van der Waals surface area contributed by atoms with E-state index in [0.29, 0.717) is 0 Å². The summed E-state index contributed by atoms with van der Waals surface area (Å²) in [6, 6.07) is 151. The molecule has 12 nitrogen and oxygen atoms in total. The highest BCUT2D eigenvalue weighted by Gasteiger charge is 2.32. The molecule has 0 spiro atoms. The van der Waals surface area contributed by atoms with Gasteiger partial charge >= 0.3 is 0 Å². The Morgan fingerprint density at radius 2 is 0.627 bits per heavy atom. The maximum atomic E-state index is 5.06. The fourth-order valence-electron chi connectivity index (χ4n) is 19.1. The van der Waals surface area contributed by atoms with Crippen molar-refractivity contribution in [1.29, 1.82) is 0 Å². The van der Waals surface area contributed by atoms with Gasteiger partial charge in [0.1, 0.15) is 5.54 Å². The van der Waals surface area contributed by atoms with E-state index in [1.807, 2.05) is 110 Å². The fourth-order valence-corrected chi connectivity index (χ4v) is 19.1. The van der Waals surface area contributed by atoms with E-state index in [4.69, 9.17) is 15.0 Å². The van der Waals surface area contributed by atoms with Crippen molar-refractivity contribution in [1.82, 2.24) is 24.9 Å². The summed E-state index contributed by atoms with van der Waals surface area (Å²) in [6.45, 7) is 21.6. The van der Waals surface area contributed by atoms with Crippen LogP contribution in [0.25, 0.3) is 55.2 Å². The highest BCUT2D eigenvalue weighted by atomic mass is 15.1. The summed E-state index contributed by atoms with van der Waals surface area (Å²) in [5.74, 6) is 0. The molecule has 0 aliphatic heterocycles.